The van der Waals surface area contributed by atoms with Crippen molar-refractivity contribution < 1.29 is 19.1 Å². The molecular formula is C23H35N3O4. The zero-order valence-corrected chi connectivity index (χ0v) is 18.5. The topological polar surface area (TPSA) is 71.1 Å². The highest BCUT2D eigenvalue weighted by molar-refractivity contribution is 5.76. The first-order chi connectivity index (χ1) is 14.3. The van der Waals surface area contributed by atoms with Crippen molar-refractivity contribution in [1.82, 2.24) is 10.2 Å². The number of ether oxygens (including phenoxy) is 2. The first-order valence-corrected chi connectivity index (χ1v) is 11.0. The molecule has 30 heavy (non-hydrogen) atoms. The molecule has 1 aromatic rings. The lowest BCUT2D eigenvalue weighted by Crippen LogP contribution is -2.46. The minimum atomic E-state index is -0.473. The van der Waals surface area contributed by atoms with Crippen molar-refractivity contribution in [2.75, 3.05) is 44.3 Å². The van der Waals surface area contributed by atoms with E-state index in [1.54, 1.807) is 0 Å². The smallest absolute Gasteiger partial charge is 0.407 e. The van der Waals surface area contributed by atoms with Crippen LogP contribution in [0.2, 0.25) is 0 Å². The van der Waals surface area contributed by atoms with Crippen LogP contribution >= 0.6 is 0 Å². The second-order valence-electron chi connectivity index (χ2n) is 9.07. The molecule has 0 bridgehead atoms. The van der Waals surface area contributed by atoms with Gasteiger partial charge in [-0.05, 0) is 57.7 Å². The summed E-state index contributed by atoms with van der Waals surface area (Å²) < 4.78 is 10.6. The van der Waals surface area contributed by atoms with Crippen molar-refractivity contribution in [2.24, 2.45) is 0 Å². The van der Waals surface area contributed by atoms with E-state index in [9.17, 15) is 9.59 Å². The van der Waals surface area contributed by atoms with Gasteiger partial charge in [-0.3, -0.25) is 4.79 Å². The molecule has 3 rings (SSSR count). The summed E-state index contributed by atoms with van der Waals surface area (Å²) in [6.07, 6.45) is 2.76. The lowest BCUT2D eigenvalue weighted by Gasteiger charge is -2.34. The van der Waals surface area contributed by atoms with Crippen LogP contribution in [0.1, 0.15) is 45.6 Å². The Morgan fingerprint density at radius 3 is 2.30 bits per heavy atom. The van der Waals surface area contributed by atoms with E-state index >= 15 is 0 Å². The molecule has 2 heterocycles. The van der Waals surface area contributed by atoms with Crippen LogP contribution in [-0.4, -0.2) is 67.9 Å². The standard InChI is InChI=1S/C23H35N3O4/c1-23(2,3)30-22(28)24-19-10-12-25(13-11-19)20-7-4-18(5-8-20)6-9-21(27)26-14-16-29-17-15-26/h4-5,7-8,19H,6,9-17H2,1-3H3,(H,24,28). The first kappa shape index (κ1) is 22.4. The molecule has 0 aromatic heterocycles. The third-order valence-corrected chi connectivity index (χ3v) is 5.51. The van der Waals surface area contributed by atoms with Crippen molar-refractivity contribution in [3.63, 3.8) is 0 Å². The van der Waals surface area contributed by atoms with Gasteiger partial charge in [0.15, 0.2) is 0 Å². The van der Waals surface area contributed by atoms with E-state index < -0.39 is 5.60 Å². The molecule has 0 aliphatic carbocycles. The molecule has 7 heteroatoms. The Balaban J connectivity index is 1.41. The van der Waals surface area contributed by atoms with E-state index in [0.29, 0.717) is 32.7 Å². The van der Waals surface area contributed by atoms with Gasteiger partial charge in [-0.25, -0.2) is 4.79 Å². The monoisotopic (exact) mass is 417 g/mol. The average molecular weight is 418 g/mol. The van der Waals surface area contributed by atoms with E-state index in [2.05, 4.69) is 34.5 Å². The second-order valence-corrected chi connectivity index (χ2v) is 9.07. The molecule has 0 saturated carbocycles. The maximum atomic E-state index is 12.3. The Labute approximate surface area is 179 Å². The van der Waals surface area contributed by atoms with Crippen LogP contribution < -0.4 is 10.2 Å². The fourth-order valence-corrected chi connectivity index (χ4v) is 3.85. The van der Waals surface area contributed by atoms with Crippen LogP contribution in [0, 0.1) is 0 Å². The quantitative estimate of drug-likeness (QED) is 0.798. The van der Waals surface area contributed by atoms with Crippen molar-refractivity contribution in [3.8, 4) is 0 Å². The zero-order valence-electron chi connectivity index (χ0n) is 18.5. The van der Waals surface area contributed by atoms with Crippen LogP contribution in [0.4, 0.5) is 10.5 Å². The van der Waals surface area contributed by atoms with Gasteiger partial charge in [0.2, 0.25) is 5.91 Å². The molecule has 0 radical (unpaired) electrons. The highest BCUT2D eigenvalue weighted by Crippen LogP contribution is 2.21. The molecule has 0 atom stereocenters. The summed E-state index contributed by atoms with van der Waals surface area (Å²) in [5.74, 6) is 0.210. The summed E-state index contributed by atoms with van der Waals surface area (Å²) in [6.45, 7) is 10.1. The van der Waals surface area contributed by atoms with Crippen molar-refractivity contribution in [2.45, 2.75) is 58.1 Å². The number of nitrogens with zero attached hydrogens (tertiary/aromatic N) is 2. The van der Waals surface area contributed by atoms with Crippen LogP contribution in [0.3, 0.4) is 0 Å². The number of amides is 2. The average Bonchev–Trinajstić information content (AvgIpc) is 2.72. The number of carbonyl (C=O) groups is 2. The number of hydrogen-bond donors (Lipinski definition) is 1. The summed E-state index contributed by atoms with van der Waals surface area (Å²) in [6, 6.07) is 8.66. The van der Waals surface area contributed by atoms with Gasteiger partial charge in [0.1, 0.15) is 5.60 Å². The molecule has 0 unspecified atom stereocenters. The maximum Gasteiger partial charge on any atom is 0.407 e. The SMILES string of the molecule is CC(C)(C)OC(=O)NC1CCN(c2ccc(CCC(=O)N3CCOCC3)cc2)CC1. The molecule has 7 nitrogen and oxygen atoms in total. The molecule has 2 aliphatic rings. The highest BCUT2D eigenvalue weighted by atomic mass is 16.6. The lowest BCUT2D eigenvalue weighted by atomic mass is 10.0. The number of benzene rings is 1. The highest BCUT2D eigenvalue weighted by Gasteiger charge is 2.24. The molecule has 2 fully saturated rings. The van der Waals surface area contributed by atoms with E-state index in [1.807, 2.05) is 25.7 Å². The maximum absolute atomic E-state index is 12.3. The summed E-state index contributed by atoms with van der Waals surface area (Å²) in [4.78, 5) is 28.5. The number of morpholine rings is 1. The normalized spacial score (nSPS) is 18.2. The fraction of sp³-hybridized carbons (Fsp3) is 0.652. The van der Waals surface area contributed by atoms with Gasteiger partial charge >= 0.3 is 6.09 Å². The Hall–Kier alpha value is -2.28. The van der Waals surface area contributed by atoms with Crippen LogP contribution in [0.15, 0.2) is 24.3 Å². The summed E-state index contributed by atoms with van der Waals surface area (Å²) >= 11 is 0. The first-order valence-electron chi connectivity index (χ1n) is 11.0. The van der Waals surface area contributed by atoms with Gasteiger partial charge in [0.05, 0.1) is 13.2 Å². The van der Waals surface area contributed by atoms with Crippen molar-refractivity contribution in [1.29, 1.82) is 0 Å². The number of alkyl carbamates (subject to hydrolysis) is 1. The minimum Gasteiger partial charge on any atom is -0.444 e. The summed E-state index contributed by atoms with van der Waals surface area (Å²) in [7, 11) is 0. The predicted octanol–water partition coefficient (Wildman–Crippen LogP) is 2.97. The number of rotatable bonds is 5. The largest absolute Gasteiger partial charge is 0.444 e. The zero-order chi connectivity index (χ0) is 21.6. The number of anilines is 1. The number of piperidine rings is 1. The van der Waals surface area contributed by atoms with Crippen molar-refractivity contribution >= 4 is 17.7 Å². The van der Waals surface area contributed by atoms with Gasteiger partial charge in [-0.2, -0.15) is 0 Å². The lowest BCUT2D eigenvalue weighted by molar-refractivity contribution is -0.135. The van der Waals surface area contributed by atoms with E-state index in [4.69, 9.17) is 9.47 Å². The third kappa shape index (κ3) is 6.90. The number of nitrogens with one attached hydrogen (secondary N) is 1. The van der Waals surface area contributed by atoms with Crippen LogP contribution in [-0.2, 0) is 20.7 Å². The molecule has 2 saturated heterocycles. The molecule has 2 aliphatic heterocycles. The van der Waals surface area contributed by atoms with Crippen LogP contribution in [0.25, 0.3) is 0 Å². The van der Waals surface area contributed by atoms with Gasteiger partial charge in [0, 0.05) is 44.3 Å². The van der Waals surface area contributed by atoms with Gasteiger partial charge < -0.3 is 24.6 Å². The second kappa shape index (κ2) is 10.2. The van der Waals surface area contributed by atoms with E-state index in [0.717, 1.165) is 32.4 Å². The molecular weight excluding hydrogens is 382 g/mol. The van der Waals surface area contributed by atoms with E-state index in [-0.39, 0.29) is 18.0 Å². The van der Waals surface area contributed by atoms with Gasteiger partial charge in [-0.15, -0.1) is 0 Å². The third-order valence-electron chi connectivity index (χ3n) is 5.51. The molecule has 1 N–H and O–H groups in total. The minimum absolute atomic E-state index is 0.154. The molecule has 2 amide bonds. The Kier molecular flexibility index (Phi) is 7.58. The fourth-order valence-electron chi connectivity index (χ4n) is 3.85. The molecule has 0 spiro atoms. The summed E-state index contributed by atoms with van der Waals surface area (Å²) in [5.41, 5.74) is 1.90. The van der Waals surface area contributed by atoms with Crippen molar-refractivity contribution in [3.05, 3.63) is 29.8 Å². The van der Waals surface area contributed by atoms with Gasteiger partial charge in [0.25, 0.3) is 0 Å². The number of hydrogen-bond acceptors (Lipinski definition) is 5. The van der Waals surface area contributed by atoms with Gasteiger partial charge in [-0.1, -0.05) is 12.1 Å². The predicted molar refractivity (Wildman–Crippen MR) is 117 cm³/mol. The number of aryl methyl sites for hydroxylation is 1. The van der Waals surface area contributed by atoms with E-state index in [1.165, 1.54) is 11.3 Å². The Morgan fingerprint density at radius 2 is 1.70 bits per heavy atom. The van der Waals surface area contributed by atoms with Crippen LogP contribution in [0.5, 0.6) is 0 Å². The summed E-state index contributed by atoms with van der Waals surface area (Å²) in [5, 5.41) is 2.98. The Bertz CT molecular complexity index is 700. The Morgan fingerprint density at radius 1 is 1.07 bits per heavy atom. The molecule has 1 aromatic carbocycles. The molecule has 166 valence electrons. The number of carbonyl (C=O) groups excluding carboxylic acids is 2.